The van der Waals surface area contributed by atoms with E-state index in [4.69, 9.17) is 24.7 Å². The molecule has 0 saturated carbocycles. The number of aliphatic hydroxyl groups excluding tert-OH is 9. The van der Waals surface area contributed by atoms with E-state index in [1.165, 1.54) is 13.0 Å². The Balaban J connectivity index is 1.84. The van der Waals surface area contributed by atoms with Crippen LogP contribution in [0, 0.1) is 17.8 Å². The second-order valence-corrected chi connectivity index (χ2v) is 17.8. The zero-order chi connectivity index (χ0) is 48.4. The third kappa shape index (κ3) is 18.8. The third-order valence-electron chi connectivity index (χ3n) is 12.2. The topological polar surface area (TPSA) is 320 Å². The van der Waals surface area contributed by atoms with Gasteiger partial charge in [0, 0.05) is 31.1 Å². The molecule has 0 aliphatic carbocycles. The Hall–Kier alpha value is -3.18. The Labute approximate surface area is 381 Å². The number of ether oxygens (including phenoxy) is 4. The predicted octanol–water partition coefficient (Wildman–Crippen LogP) is 0.936. The van der Waals surface area contributed by atoms with Gasteiger partial charge in [0.1, 0.15) is 18.1 Å². The fraction of sp³-hybridized carbons (Fsp3) is 0.702. The van der Waals surface area contributed by atoms with E-state index in [0.717, 1.165) is 12.8 Å². The highest BCUT2D eigenvalue weighted by Crippen LogP contribution is 2.38. The van der Waals surface area contributed by atoms with Crippen molar-refractivity contribution in [2.45, 2.75) is 189 Å². The van der Waals surface area contributed by atoms with E-state index in [1.807, 2.05) is 49.5 Å². The lowest BCUT2D eigenvalue weighted by Crippen LogP contribution is -2.61. The lowest BCUT2D eigenvalue weighted by molar-refractivity contribution is -0.310. The summed E-state index contributed by atoms with van der Waals surface area (Å²) < 4.78 is 23.2. The summed E-state index contributed by atoms with van der Waals surface area (Å²) >= 11 is 0. The molecule has 0 aromatic rings. The van der Waals surface area contributed by atoms with Gasteiger partial charge in [-0.15, -0.1) is 0 Å². The summed E-state index contributed by atoms with van der Waals surface area (Å²) in [6.07, 6.45) is 2.28. The first-order valence-corrected chi connectivity index (χ1v) is 22.6. The largest absolute Gasteiger partial charge is 0.481 e. The molecule has 65 heavy (non-hydrogen) atoms. The second-order valence-electron chi connectivity index (χ2n) is 17.8. The maximum absolute atomic E-state index is 12.6. The number of carbonyl (C=O) groups excluding carboxylic acids is 1. The summed E-state index contributed by atoms with van der Waals surface area (Å²) in [5, 5.41) is 118. The molecule has 19 atom stereocenters. The van der Waals surface area contributed by atoms with Gasteiger partial charge in [0.15, 0.2) is 12.1 Å². The standard InChI is InChI=1S/C47H75NO17/c1-27-17-15-13-11-9-7-5-6-8-10-12-14-16-18-34(64-46-44(58)41(48)43(57)30(4)63-46)24-38-40(45(59)60)37(54)26-47(61,65-38)25-36(53)35(52)20-19-31(49)21-32(50)22-33(51)23-39(55)62-29(3)28(2)42(27)56/h5-6,8,10-18,27-38,40-44,46,49-54,56-58,61H,7,9,19-26,48H2,1-4H3,(H,59,60)/b6-5+,10-8+,13-11+,14-12+,17-15+,18-16+/t27-,28-,29-,30+,31?,32?,33?,34?,35?,36?,37-,38-,40?,41-,42?,43?,44-,46?,47?/m0/s1. The van der Waals surface area contributed by atoms with Crippen molar-refractivity contribution in [1.82, 2.24) is 0 Å². The molecule has 3 heterocycles. The van der Waals surface area contributed by atoms with Crippen LogP contribution in [-0.4, -0.2) is 166 Å². The summed E-state index contributed by atoms with van der Waals surface area (Å²) in [5.74, 6) is -6.82. The molecule has 3 rings (SSSR count). The van der Waals surface area contributed by atoms with Crippen LogP contribution < -0.4 is 5.73 Å². The highest BCUT2D eigenvalue weighted by atomic mass is 16.7. The lowest BCUT2D eigenvalue weighted by atomic mass is 9.82. The minimum absolute atomic E-state index is 0.138. The van der Waals surface area contributed by atoms with E-state index in [9.17, 15) is 65.8 Å². The number of aliphatic carboxylic acids is 1. The molecule has 3 aliphatic heterocycles. The Bertz CT molecular complexity index is 1620. The maximum atomic E-state index is 12.6. The van der Waals surface area contributed by atoms with E-state index in [-0.39, 0.29) is 38.0 Å². The van der Waals surface area contributed by atoms with Crippen molar-refractivity contribution in [3.8, 4) is 0 Å². The molecular weight excluding hydrogens is 851 g/mol. The molecule has 0 spiro atoms. The van der Waals surface area contributed by atoms with Gasteiger partial charge >= 0.3 is 11.9 Å². The van der Waals surface area contributed by atoms with Gasteiger partial charge in [0.05, 0.1) is 79.6 Å². The van der Waals surface area contributed by atoms with E-state index >= 15 is 0 Å². The van der Waals surface area contributed by atoms with Crippen molar-refractivity contribution in [2.24, 2.45) is 23.5 Å². The summed E-state index contributed by atoms with van der Waals surface area (Å²) in [6, 6.07) is -1.14. The average Bonchev–Trinajstić information content (AvgIpc) is 3.21. The Morgan fingerprint density at radius 1 is 0.692 bits per heavy atom. The normalized spacial score (nSPS) is 45.2. The quantitative estimate of drug-likeness (QED) is 0.175. The second kappa shape index (κ2) is 27.6. The molecule has 3 aliphatic rings. The highest BCUT2D eigenvalue weighted by Gasteiger charge is 2.51. The number of cyclic esters (lactones) is 1. The van der Waals surface area contributed by atoms with E-state index < -0.39 is 141 Å². The third-order valence-corrected chi connectivity index (χ3v) is 12.2. The lowest BCUT2D eigenvalue weighted by Gasteiger charge is -2.45. The zero-order valence-electron chi connectivity index (χ0n) is 37.8. The van der Waals surface area contributed by atoms with Crippen molar-refractivity contribution < 1.29 is 84.7 Å². The van der Waals surface area contributed by atoms with Crippen molar-refractivity contribution >= 4 is 11.9 Å². The number of carboxylic acid groups (broad SMARTS) is 1. The van der Waals surface area contributed by atoms with Crippen LogP contribution in [-0.2, 0) is 28.5 Å². The van der Waals surface area contributed by atoms with Gasteiger partial charge in [-0.2, -0.15) is 0 Å². The van der Waals surface area contributed by atoms with E-state index in [0.29, 0.717) is 0 Å². The minimum Gasteiger partial charge on any atom is -0.481 e. The van der Waals surface area contributed by atoms with Gasteiger partial charge in [-0.1, -0.05) is 86.8 Å². The summed E-state index contributed by atoms with van der Waals surface area (Å²) in [6.45, 7) is 6.78. The number of carbonyl (C=O) groups is 2. The van der Waals surface area contributed by atoms with Crippen molar-refractivity contribution in [1.29, 1.82) is 0 Å². The number of esters is 1. The summed E-state index contributed by atoms with van der Waals surface area (Å²) in [7, 11) is 0. The molecule has 0 aromatic heterocycles. The Morgan fingerprint density at radius 3 is 1.94 bits per heavy atom. The van der Waals surface area contributed by atoms with Gasteiger partial charge in [-0.05, 0) is 52.4 Å². The smallest absolute Gasteiger partial charge is 0.311 e. The molecule has 0 radical (unpaired) electrons. The maximum Gasteiger partial charge on any atom is 0.311 e. The SMILES string of the molecule is C[C@@H]1OC(=O)CC(O)CC(O)CC(O)CCC(O)C(O)CC2(O)C[C@H](O)C(C(=O)O)[C@H](CC(OC3O[C@H](C)C(O)[C@H](N)[C@@H]3O)/C=C/C=C/C=C/C=C/CC/C=C/C=C/[C@H](C)C(O)[C@H]1C)O2. The number of nitrogens with two attached hydrogens (primary N) is 1. The Kier molecular flexibility index (Phi) is 23.8. The minimum atomic E-state index is -2.35. The number of hydrogen-bond acceptors (Lipinski definition) is 17. The van der Waals surface area contributed by atoms with Crippen LogP contribution >= 0.6 is 0 Å². The molecule has 0 aromatic carbocycles. The van der Waals surface area contributed by atoms with E-state index in [2.05, 4.69) is 0 Å². The van der Waals surface area contributed by atoms with Crippen molar-refractivity contribution in [2.75, 3.05) is 0 Å². The molecule has 2 bridgehead atoms. The van der Waals surface area contributed by atoms with Crippen LogP contribution in [0.25, 0.3) is 0 Å². The fourth-order valence-corrected chi connectivity index (χ4v) is 8.11. The molecule has 13 N–H and O–H groups in total. The number of carboxylic acids is 1. The molecule has 18 heteroatoms. The van der Waals surface area contributed by atoms with Gasteiger partial charge in [-0.25, -0.2) is 0 Å². The highest BCUT2D eigenvalue weighted by molar-refractivity contribution is 5.71. The summed E-state index contributed by atoms with van der Waals surface area (Å²) in [4.78, 5) is 25.1. The van der Waals surface area contributed by atoms with Gasteiger partial charge in [0.25, 0.3) is 0 Å². The number of aliphatic hydroxyl groups is 10. The first-order valence-electron chi connectivity index (χ1n) is 22.6. The fourth-order valence-electron chi connectivity index (χ4n) is 8.11. The number of fused-ring (bicyclic) bond motifs is 2. The number of hydrogen-bond donors (Lipinski definition) is 12. The Morgan fingerprint density at radius 2 is 1.28 bits per heavy atom. The molecule has 2 saturated heterocycles. The van der Waals surface area contributed by atoms with Crippen LogP contribution in [0.4, 0.5) is 0 Å². The molecule has 2 fully saturated rings. The van der Waals surface area contributed by atoms with E-state index in [1.54, 1.807) is 38.2 Å². The molecule has 370 valence electrons. The van der Waals surface area contributed by atoms with Gasteiger partial charge in [-0.3, -0.25) is 9.59 Å². The molecular formula is C47H75NO17. The predicted molar refractivity (Wildman–Crippen MR) is 237 cm³/mol. The molecule has 11 unspecified atom stereocenters. The number of allylic oxidation sites excluding steroid dienone is 10. The van der Waals surface area contributed by atoms with Crippen LogP contribution in [0.3, 0.4) is 0 Å². The van der Waals surface area contributed by atoms with Crippen molar-refractivity contribution in [3.63, 3.8) is 0 Å². The van der Waals surface area contributed by atoms with Crippen LogP contribution in [0.15, 0.2) is 72.9 Å². The summed E-state index contributed by atoms with van der Waals surface area (Å²) in [5.41, 5.74) is 6.02. The molecule has 0 amide bonds. The van der Waals surface area contributed by atoms with Crippen LogP contribution in [0.5, 0.6) is 0 Å². The van der Waals surface area contributed by atoms with Crippen LogP contribution in [0.2, 0.25) is 0 Å². The number of rotatable bonds is 3. The first kappa shape index (κ1) is 56.1. The first-order chi connectivity index (χ1) is 30.6. The van der Waals surface area contributed by atoms with Crippen molar-refractivity contribution in [3.05, 3.63) is 72.9 Å². The van der Waals surface area contributed by atoms with Gasteiger partial charge < -0.3 is 80.9 Å². The van der Waals surface area contributed by atoms with Crippen LogP contribution in [0.1, 0.15) is 91.9 Å². The monoisotopic (exact) mass is 926 g/mol. The molecule has 18 nitrogen and oxygen atoms in total. The van der Waals surface area contributed by atoms with Gasteiger partial charge in [0.2, 0.25) is 0 Å². The zero-order valence-corrected chi connectivity index (χ0v) is 37.8. The average molecular weight is 926 g/mol.